The Labute approximate surface area is 253 Å². The Balaban J connectivity index is 1.47. The van der Waals surface area contributed by atoms with Crippen LogP contribution in [0.3, 0.4) is 0 Å². The number of alkyl halides is 3. The second-order valence-electron chi connectivity index (χ2n) is 11.5. The number of halogens is 4. The molecule has 0 aromatic heterocycles. The van der Waals surface area contributed by atoms with Gasteiger partial charge in [0.25, 0.3) is 0 Å². The van der Waals surface area contributed by atoms with Crippen molar-refractivity contribution in [1.82, 2.24) is 4.90 Å². The maximum absolute atomic E-state index is 13.6. The lowest BCUT2D eigenvalue weighted by atomic mass is 9.89. The highest BCUT2D eigenvalue weighted by molar-refractivity contribution is 7.91. The molecule has 0 bridgehead atoms. The third-order valence-corrected chi connectivity index (χ3v) is 9.83. The number of aliphatic hydroxyl groups excluding tert-OH is 1. The maximum Gasteiger partial charge on any atom is 0.389 e. The molecule has 3 rings (SSSR count). The van der Waals surface area contributed by atoms with E-state index in [2.05, 4.69) is 4.90 Å². The van der Waals surface area contributed by atoms with Gasteiger partial charge in [0.2, 0.25) is 0 Å². The molecule has 1 aliphatic carbocycles. The van der Waals surface area contributed by atoms with Crippen molar-refractivity contribution in [2.75, 3.05) is 37.7 Å². The van der Waals surface area contributed by atoms with Crippen LogP contribution in [0, 0.1) is 5.82 Å². The molecule has 0 saturated heterocycles. The number of benzene rings is 2. The number of aryl methyl sites for hydroxylation is 1. The molecule has 1 aliphatic rings. The number of phenols is 1. The summed E-state index contributed by atoms with van der Waals surface area (Å²) in [6, 6.07) is 12.3. The van der Waals surface area contributed by atoms with Crippen LogP contribution in [0.2, 0.25) is 0 Å². The average molecular weight is 628 g/mol. The number of nitrogens with zero attached hydrogens (tertiary/aromatic N) is 1. The van der Waals surface area contributed by atoms with Crippen LogP contribution >= 0.6 is 0 Å². The van der Waals surface area contributed by atoms with Crippen LogP contribution in [0.25, 0.3) is 11.1 Å². The zero-order chi connectivity index (χ0) is 31.3. The van der Waals surface area contributed by atoms with Crippen LogP contribution in [0.5, 0.6) is 5.75 Å². The first kappa shape index (κ1) is 35.1. The van der Waals surface area contributed by atoms with Crippen LogP contribution in [0.4, 0.5) is 17.6 Å². The molecule has 0 radical (unpaired) electrons. The number of allylic oxidation sites excluding steroid dienone is 2. The number of aromatic hydroxyl groups is 1. The molecule has 240 valence electrons. The van der Waals surface area contributed by atoms with Gasteiger partial charge in [-0.05, 0) is 123 Å². The van der Waals surface area contributed by atoms with Crippen molar-refractivity contribution in [1.29, 1.82) is 0 Å². The number of hydrogen-bond donors (Lipinski definition) is 2. The van der Waals surface area contributed by atoms with E-state index in [9.17, 15) is 36.2 Å². The SMILES string of the molecule is O=S(=O)(CCCCN(CCO)CCCCCCC1=C(c2ccc(F)cc2)CCCc2cc(O)ccc21)CCCC(F)(F)F. The van der Waals surface area contributed by atoms with E-state index in [0.717, 1.165) is 74.6 Å². The molecule has 0 aliphatic heterocycles. The normalized spacial score (nSPS) is 14.3. The molecule has 0 unspecified atom stereocenters. The minimum atomic E-state index is -4.34. The minimum Gasteiger partial charge on any atom is -0.508 e. The van der Waals surface area contributed by atoms with E-state index in [1.165, 1.54) is 23.3 Å². The number of phenolic OH excluding ortho intramolecular Hbond substituents is 1. The molecule has 2 N–H and O–H groups in total. The summed E-state index contributed by atoms with van der Waals surface area (Å²) in [7, 11) is -3.50. The van der Waals surface area contributed by atoms with E-state index in [4.69, 9.17) is 0 Å². The van der Waals surface area contributed by atoms with Gasteiger partial charge < -0.3 is 15.1 Å². The molecule has 0 atom stereocenters. The fourth-order valence-corrected chi connectivity index (χ4v) is 7.26. The highest BCUT2D eigenvalue weighted by atomic mass is 32.2. The average Bonchev–Trinajstić information content (AvgIpc) is 3.11. The fraction of sp³-hybridized carbons (Fsp3) is 0.576. The van der Waals surface area contributed by atoms with E-state index < -0.39 is 34.6 Å². The Morgan fingerprint density at radius 2 is 1.49 bits per heavy atom. The Kier molecular flexibility index (Phi) is 14.0. The summed E-state index contributed by atoms with van der Waals surface area (Å²) in [6.45, 7) is 1.92. The maximum atomic E-state index is 13.6. The lowest BCUT2D eigenvalue weighted by Crippen LogP contribution is -2.29. The van der Waals surface area contributed by atoms with Gasteiger partial charge in [0.15, 0.2) is 0 Å². The number of sulfone groups is 1. The first-order chi connectivity index (χ1) is 20.5. The number of hydrogen-bond acceptors (Lipinski definition) is 5. The summed E-state index contributed by atoms with van der Waals surface area (Å²) in [4.78, 5) is 2.11. The van der Waals surface area contributed by atoms with E-state index in [1.807, 2.05) is 24.3 Å². The number of fused-ring (bicyclic) bond motifs is 1. The molecule has 0 fully saturated rings. The van der Waals surface area contributed by atoms with Gasteiger partial charge in [-0.1, -0.05) is 31.0 Å². The highest BCUT2D eigenvalue weighted by Gasteiger charge is 2.27. The first-order valence-corrected chi connectivity index (χ1v) is 17.2. The zero-order valence-corrected chi connectivity index (χ0v) is 25.7. The zero-order valence-electron chi connectivity index (χ0n) is 24.8. The molecule has 0 heterocycles. The molecule has 0 amide bonds. The Morgan fingerprint density at radius 3 is 2.19 bits per heavy atom. The molecule has 43 heavy (non-hydrogen) atoms. The van der Waals surface area contributed by atoms with Crippen molar-refractivity contribution in [2.45, 2.75) is 83.2 Å². The van der Waals surface area contributed by atoms with Crippen LogP contribution < -0.4 is 0 Å². The van der Waals surface area contributed by atoms with Gasteiger partial charge in [-0.25, -0.2) is 12.8 Å². The predicted molar refractivity (Wildman–Crippen MR) is 164 cm³/mol. The van der Waals surface area contributed by atoms with Crippen molar-refractivity contribution in [3.05, 3.63) is 65.0 Å². The molecule has 0 spiro atoms. The Bertz CT molecular complexity index is 1280. The van der Waals surface area contributed by atoms with Crippen molar-refractivity contribution < 1.29 is 36.2 Å². The van der Waals surface area contributed by atoms with Crippen LogP contribution in [0.1, 0.15) is 87.3 Å². The highest BCUT2D eigenvalue weighted by Crippen LogP contribution is 2.39. The summed E-state index contributed by atoms with van der Waals surface area (Å²) >= 11 is 0. The lowest BCUT2D eigenvalue weighted by molar-refractivity contribution is -0.134. The fourth-order valence-electron chi connectivity index (χ4n) is 5.83. The van der Waals surface area contributed by atoms with Gasteiger partial charge in [-0.15, -0.1) is 0 Å². The van der Waals surface area contributed by atoms with E-state index in [0.29, 0.717) is 25.9 Å². The molecule has 2 aromatic carbocycles. The standard InChI is InChI=1S/C33H45F4NO4S/c34-28-14-12-26(13-15-28)30-11-7-9-27-25-29(40)16-17-31(27)32(30)10-3-1-2-4-19-38(21-22-39)20-5-6-23-43(41,42)24-8-18-33(35,36)37/h12-17,25,39-40H,1-11,18-24H2. The second kappa shape index (κ2) is 17.2. The summed E-state index contributed by atoms with van der Waals surface area (Å²) < 4.78 is 74.6. The van der Waals surface area contributed by atoms with E-state index >= 15 is 0 Å². The number of aliphatic hydroxyl groups is 1. The number of rotatable bonds is 18. The van der Waals surface area contributed by atoms with Gasteiger partial charge in [-0.2, -0.15) is 13.2 Å². The predicted octanol–water partition coefficient (Wildman–Crippen LogP) is 7.56. The summed E-state index contributed by atoms with van der Waals surface area (Å²) in [6.07, 6.45) is 2.70. The van der Waals surface area contributed by atoms with Gasteiger partial charge >= 0.3 is 6.18 Å². The summed E-state index contributed by atoms with van der Waals surface area (Å²) in [5.74, 6) is -0.553. The van der Waals surface area contributed by atoms with Crippen molar-refractivity contribution >= 4 is 21.0 Å². The monoisotopic (exact) mass is 627 g/mol. The smallest absolute Gasteiger partial charge is 0.389 e. The second-order valence-corrected chi connectivity index (χ2v) is 13.8. The third kappa shape index (κ3) is 12.6. The van der Waals surface area contributed by atoms with Gasteiger partial charge in [0, 0.05) is 13.0 Å². The lowest BCUT2D eigenvalue weighted by Gasteiger charge is -2.21. The molecular formula is C33H45F4NO4S. The van der Waals surface area contributed by atoms with Crippen LogP contribution in [-0.4, -0.2) is 67.5 Å². The molecule has 2 aromatic rings. The minimum absolute atomic E-state index is 0.00498. The number of unbranched alkanes of at least 4 members (excludes halogenated alkanes) is 4. The van der Waals surface area contributed by atoms with Crippen molar-refractivity contribution in [2.24, 2.45) is 0 Å². The molecule has 0 saturated carbocycles. The van der Waals surface area contributed by atoms with Crippen LogP contribution in [0.15, 0.2) is 42.5 Å². The van der Waals surface area contributed by atoms with Crippen molar-refractivity contribution in [3.8, 4) is 5.75 Å². The van der Waals surface area contributed by atoms with Gasteiger partial charge in [-0.3, -0.25) is 0 Å². The van der Waals surface area contributed by atoms with Gasteiger partial charge in [0.1, 0.15) is 21.4 Å². The van der Waals surface area contributed by atoms with Crippen LogP contribution in [-0.2, 0) is 16.3 Å². The Hall–Kier alpha value is -2.43. The summed E-state index contributed by atoms with van der Waals surface area (Å²) in [5, 5.41) is 19.5. The Morgan fingerprint density at radius 1 is 0.814 bits per heavy atom. The molecule has 10 heteroatoms. The largest absolute Gasteiger partial charge is 0.508 e. The first-order valence-electron chi connectivity index (χ1n) is 15.4. The van der Waals surface area contributed by atoms with Crippen molar-refractivity contribution in [3.63, 3.8) is 0 Å². The topological polar surface area (TPSA) is 77.8 Å². The quantitative estimate of drug-likeness (QED) is 0.132. The van der Waals surface area contributed by atoms with E-state index in [-0.39, 0.29) is 23.9 Å². The van der Waals surface area contributed by atoms with E-state index in [1.54, 1.807) is 6.07 Å². The summed E-state index contributed by atoms with van der Waals surface area (Å²) in [5.41, 5.74) is 5.83. The third-order valence-electron chi connectivity index (χ3n) is 8.01. The molecular weight excluding hydrogens is 582 g/mol. The van der Waals surface area contributed by atoms with Gasteiger partial charge in [0.05, 0.1) is 18.1 Å². The molecule has 5 nitrogen and oxygen atoms in total.